The first-order valence-electron chi connectivity index (χ1n) is 7.43. The topological polar surface area (TPSA) is 43.8 Å². The maximum atomic E-state index is 6.36. The third kappa shape index (κ3) is 2.90. The van der Waals surface area contributed by atoms with E-state index in [4.69, 9.17) is 33.9 Å². The molecule has 21 heavy (non-hydrogen) atoms. The molecule has 5 heteroatoms. The molecule has 1 saturated carbocycles. The highest BCUT2D eigenvalue weighted by molar-refractivity contribution is 6.35. The number of unbranched alkanes of at least 4 members (excludes halogenated alkanes) is 1. The maximum Gasteiger partial charge on any atom is 0.131 e. The van der Waals surface area contributed by atoms with Crippen LogP contribution in [0.4, 0.5) is 5.82 Å². The van der Waals surface area contributed by atoms with Crippen LogP contribution in [0.25, 0.3) is 11.3 Å². The van der Waals surface area contributed by atoms with Gasteiger partial charge in [0, 0.05) is 23.0 Å². The molecular formula is C16H19Cl2N3. The first kappa shape index (κ1) is 14.7. The highest BCUT2D eigenvalue weighted by Gasteiger charge is 2.31. The summed E-state index contributed by atoms with van der Waals surface area (Å²) in [6.45, 7) is 3.10. The molecule has 0 bridgehead atoms. The van der Waals surface area contributed by atoms with Gasteiger partial charge in [-0.15, -0.1) is 0 Å². The molecule has 2 N–H and O–H groups in total. The van der Waals surface area contributed by atoms with E-state index in [9.17, 15) is 0 Å². The fraction of sp³-hybridized carbons (Fsp3) is 0.438. The molecule has 1 fully saturated rings. The Bertz CT molecular complexity index is 660. The highest BCUT2D eigenvalue weighted by atomic mass is 35.5. The summed E-state index contributed by atoms with van der Waals surface area (Å²) in [5, 5.41) is 1.28. The molecule has 0 atom stereocenters. The number of anilines is 1. The van der Waals surface area contributed by atoms with Crippen molar-refractivity contribution in [1.29, 1.82) is 0 Å². The van der Waals surface area contributed by atoms with Crippen LogP contribution in [0.5, 0.6) is 0 Å². The quantitative estimate of drug-likeness (QED) is 0.830. The molecular weight excluding hydrogens is 305 g/mol. The number of hydrogen-bond acceptors (Lipinski definition) is 2. The molecule has 1 heterocycles. The van der Waals surface area contributed by atoms with E-state index >= 15 is 0 Å². The lowest BCUT2D eigenvalue weighted by atomic mass is 10.1. The Morgan fingerprint density at radius 2 is 2.10 bits per heavy atom. The zero-order valence-electron chi connectivity index (χ0n) is 12.1. The van der Waals surface area contributed by atoms with E-state index < -0.39 is 0 Å². The molecule has 0 radical (unpaired) electrons. The van der Waals surface area contributed by atoms with Crippen molar-refractivity contribution >= 4 is 29.0 Å². The first-order chi connectivity index (χ1) is 10.1. The first-order valence-corrected chi connectivity index (χ1v) is 8.18. The van der Waals surface area contributed by atoms with Crippen molar-refractivity contribution in [2.45, 2.75) is 45.1 Å². The Kier molecular flexibility index (Phi) is 4.14. The number of nitrogens with two attached hydrogens (primary N) is 1. The minimum Gasteiger partial charge on any atom is -0.383 e. The van der Waals surface area contributed by atoms with E-state index in [1.807, 2.05) is 6.07 Å². The van der Waals surface area contributed by atoms with Gasteiger partial charge >= 0.3 is 0 Å². The Balaban J connectivity index is 2.08. The van der Waals surface area contributed by atoms with Crippen molar-refractivity contribution in [3.8, 4) is 11.3 Å². The van der Waals surface area contributed by atoms with Crippen LogP contribution in [0.1, 0.15) is 44.3 Å². The number of nitrogens with zero attached hydrogens (tertiary/aromatic N) is 2. The van der Waals surface area contributed by atoms with Crippen molar-refractivity contribution in [3.05, 3.63) is 34.1 Å². The lowest BCUT2D eigenvalue weighted by Crippen LogP contribution is -2.06. The summed E-state index contributed by atoms with van der Waals surface area (Å²) in [4.78, 5) is 4.79. The summed E-state index contributed by atoms with van der Waals surface area (Å²) in [6, 6.07) is 5.41. The molecule has 1 aromatic carbocycles. The lowest BCUT2D eigenvalue weighted by molar-refractivity contribution is 0.609. The van der Waals surface area contributed by atoms with E-state index in [1.165, 1.54) is 12.8 Å². The predicted molar refractivity (Wildman–Crippen MR) is 89.0 cm³/mol. The van der Waals surface area contributed by atoms with Gasteiger partial charge in [0.1, 0.15) is 17.3 Å². The van der Waals surface area contributed by atoms with Gasteiger partial charge in [0.15, 0.2) is 0 Å². The van der Waals surface area contributed by atoms with E-state index in [-0.39, 0.29) is 0 Å². The summed E-state index contributed by atoms with van der Waals surface area (Å²) < 4.78 is 2.16. The van der Waals surface area contributed by atoms with Gasteiger partial charge in [-0.3, -0.25) is 0 Å². The van der Waals surface area contributed by atoms with Crippen molar-refractivity contribution in [1.82, 2.24) is 9.55 Å². The second-order valence-corrected chi connectivity index (χ2v) is 6.45. The third-order valence-electron chi connectivity index (χ3n) is 3.90. The van der Waals surface area contributed by atoms with Gasteiger partial charge in [-0.2, -0.15) is 0 Å². The zero-order chi connectivity index (χ0) is 15.0. The maximum absolute atomic E-state index is 6.36. The van der Waals surface area contributed by atoms with Gasteiger partial charge in [-0.1, -0.05) is 36.5 Å². The van der Waals surface area contributed by atoms with Crippen molar-refractivity contribution in [3.63, 3.8) is 0 Å². The normalized spacial score (nSPS) is 14.6. The fourth-order valence-corrected chi connectivity index (χ4v) is 2.94. The summed E-state index contributed by atoms with van der Waals surface area (Å²) in [5.41, 5.74) is 7.94. The van der Waals surface area contributed by atoms with Crippen LogP contribution < -0.4 is 5.73 Å². The Morgan fingerprint density at radius 3 is 2.76 bits per heavy atom. The van der Waals surface area contributed by atoms with Crippen LogP contribution in [0.3, 0.4) is 0 Å². The minimum absolute atomic E-state index is 0.552. The lowest BCUT2D eigenvalue weighted by Gasteiger charge is -2.08. The number of imidazole rings is 1. The van der Waals surface area contributed by atoms with Crippen LogP contribution in [-0.4, -0.2) is 9.55 Å². The molecule has 3 nitrogen and oxygen atoms in total. The average molecular weight is 324 g/mol. The molecule has 112 valence electrons. The molecule has 0 saturated heterocycles. The molecule has 1 aliphatic rings. The van der Waals surface area contributed by atoms with Crippen LogP contribution in [-0.2, 0) is 6.54 Å². The summed E-state index contributed by atoms with van der Waals surface area (Å²) in [5.74, 6) is 2.36. The molecule has 0 aliphatic heterocycles. The molecule has 3 rings (SSSR count). The Hall–Kier alpha value is -1.19. The van der Waals surface area contributed by atoms with E-state index in [1.54, 1.807) is 12.1 Å². The van der Waals surface area contributed by atoms with E-state index in [0.717, 1.165) is 36.5 Å². The monoisotopic (exact) mass is 323 g/mol. The minimum atomic E-state index is 0.552. The SMILES string of the molecule is CCCCn1c(C2CC2)nc(-c2cc(Cl)ccc2Cl)c1N. The van der Waals surface area contributed by atoms with Gasteiger partial charge in [0.05, 0.1) is 5.02 Å². The third-order valence-corrected chi connectivity index (χ3v) is 4.46. The van der Waals surface area contributed by atoms with Gasteiger partial charge in [0.25, 0.3) is 0 Å². The second kappa shape index (κ2) is 5.90. The van der Waals surface area contributed by atoms with Gasteiger partial charge in [0.2, 0.25) is 0 Å². The number of rotatable bonds is 5. The fourth-order valence-electron chi connectivity index (χ4n) is 2.57. The van der Waals surface area contributed by atoms with Crippen molar-refractivity contribution in [2.75, 3.05) is 5.73 Å². The Morgan fingerprint density at radius 1 is 1.33 bits per heavy atom. The molecule has 0 amide bonds. The smallest absolute Gasteiger partial charge is 0.131 e. The van der Waals surface area contributed by atoms with Crippen LogP contribution >= 0.6 is 23.2 Å². The molecule has 0 spiro atoms. The summed E-state index contributed by atoms with van der Waals surface area (Å²) in [6.07, 6.45) is 4.63. The summed E-state index contributed by atoms with van der Waals surface area (Å²) >= 11 is 12.4. The summed E-state index contributed by atoms with van der Waals surface area (Å²) in [7, 11) is 0. The standard InChI is InChI=1S/C16H19Cl2N3/c1-2-3-8-21-15(19)14(20-16(21)10-4-5-10)12-9-11(17)6-7-13(12)18/h6-7,9-10H,2-5,8,19H2,1H3. The molecule has 2 aromatic rings. The van der Waals surface area contributed by atoms with E-state index in [0.29, 0.717) is 21.8 Å². The second-order valence-electron chi connectivity index (χ2n) is 5.61. The van der Waals surface area contributed by atoms with Crippen molar-refractivity contribution in [2.24, 2.45) is 0 Å². The Labute approximate surface area is 135 Å². The number of benzene rings is 1. The average Bonchev–Trinajstić information content (AvgIpc) is 3.25. The number of nitrogen functional groups attached to an aromatic ring is 1. The largest absolute Gasteiger partial charge is 0.383 e. The number of hydrogen-bond donors (Lipinski definition) is 1. The van der Waals surface area contributed by atoms with Gasteiger partial charge in [-0.25, -0.2) is 4.98 Å². The highest BCUT2D eigenvalue weighted by Crippen LogP contribution is 2.43. The van der Waals surface area contributed by atoms with Gasteiger partial charge in [-0.05, 0) is 37.5 Å². The van der Waals surface area contributed by atoms with E-state index in [2.05, 4.69) is 11.5 Å². The van der Waals surface area contributed by atoms with Crippen LogP contribution in [0.15, 0.2) is 18.2 Å². The number of halogens is 2. The molecule has 0 unspecified atom stereocenters. The number of aromatic nitrogens is 2. The van der Waals surface area contributed by atoms with Crippen LogP contribution in [0, 0.1) is 0 Å². The molecule has 1 aromatic heterocycles. The van der Waals surface area contributed by atoms with Crippen molar-refractivity contribution < 1.29 is 0 Å². The van der Waals surface area contributed by atoms with Gasteiger partial charge < -0.3 is 10.3 Å². The van der Waals surface area contributed by atoms with Crippen LogP contribution in [0.2, 0.25) is 10.0 Å². The molecule has 1 aliphatic carbocycles. The predicted octanol–water partition coefficient (Wildman–Crippen LogP) is 5.12. The zero-order valence-corrected chi connectivity index (χ0v) is 13.6.